The molecule has 1 amide bonds. The monoisotopic (exact) mass is 369 g/mol. The molecule has 2 aliphatic carbocycles. The number of carbonyl (C=O) groups is 1. The molecule has 19 heavy (non-hydrogen) atoms. The summed E-state index contributed by atoms with van der Waals surface area (Å²) in [6.45, 7) is 2.18. The molecule has 0 spiro atoms. The first-order valence-corrected chi connectivity index (χ1v) is 8.28. The summed E-state index contributed by atoms with van der Waals surface area (Å²) in [5, 5.41) is 3.20. The van der Waals surface area contributed by atoms with Gasteiger partial charge >= 0.3 is 0 Å². The van der Waals surface area contributed by atoms with E-state index in [0.717, 1.165) is 21.0 Å². The number of benzene rings is 1. The van der Waals surface area contributed by atoms with Crippen LogP contribution in [0.3, 0.4) is 0 Å². The van der Waals surface area contributed by atoms with E-state index in [1.807, 2.05) is 24.3 Å². The maximum Gasteiger partial charge on any atom is 0.251 e. The number of amides is 1. The Morgan fingerprint density at radius 3 is 2.58 bits per heavy atom. The Bertz CT molecular complexity index is 470. The van der Waals surface area contributed by atoms with E-state index in [-0.39, 0.29) is 5.91 Å². The lowest BCUT2D eigenvalue weighted by Gasteiger charge is -2.28. The lowest BCUT2D eigenvalue weighted by molar-refractivity contribution is 0.0915. The van der Waals surface area contributed by atoms with Gasteiger partial charge in [0.15, 0.2) is 0 Å². The molecule has 1 aromatic rings. The summed E-state index contributed by atoms with van der Waals surface area (Å²) in [4.78, 5) is 12.2. The molecule has 0 aromatic heterocycles. The van der Waals surface area contributed by atoms with E-state index in [1.165, 1.54) is 25.7 Å². The molecule has 1 aromatic carbocycles. The van der Waals surface area contributed by atoms with Crippen LogP contribution in [0.25, 0.3) is 0 Å². The molecule has 0 aliphatic heterocycles. The van der Waals surface area contributed by atoms with Gasteiger partial charge in [0.2, 0.25) is 0 Å². The lowest BCUT2D eigenvalue weighted by Crippen LogP contribution is -2.40. The molecule has 102 valence electrons. The Kier molecular flexibility index (Phi) is 3.83. The Balaban J connectivity index is 1.61. The number of halogens is 1. The van der Waals surface area contributed by atoms with Crippen LogP contribution in [0.5, 0.6) is 0 Å². The van der Waals surface area contributed by atoms with Crippen molar-refractivity contribution in [1.82, 2.24) is 5.32 Å². The van der Waals surface area contributed by atoms with Crippen molar-refractivity contribution in [2.24, 2.45) is 17.8 Å². The molecule has 2 aliphatic rings. The number of hydrogen-bond acceptors (Lipinski definition) is 1. The second-order valence-corrected chi connectivity index (χ2v) is 7.35. The third-order valence-corrected chi connectivity index (χ3v) is 5.62. The van der Waals surface area contributed by atoms with Gasteiger partial charge in [0.25, 0.3) is 5.91 Å². The van der Waals surface area contributed by atoms with Gasteiger partial charge in [-0.25, -0.2) is 0 Å². The predicted molar refractivity (Wildman–Crippen MR) is 85.0 cm³/mol. The van der Waals surface area contributed by atoms with Crippen molar-refractivity contribution < 1.29 is 4.79 Å². The van der Waals surface area contributed by atoms with Gasteiger partial charge in [-0.2, -0.15) is 0 Å². The smallest absolute Gasteiger partial charge is 0.251 e. The molecule has 2 fully saturated rings. The van der Waals surface area contributed by atoms with Gasteiger partial charge < -0.3 is 5.32 Å². The van der Waals surface area contributed by atoms with Crippen LogP contribution in [0.2, 0.25) is 0 Å². The molecule has 3 rings (SSSR count). The quantitative estimate of drug-likeness (QED) is 0.806. The molecular weight excluding hydrogens is 349 g/mol. The summed E-state index contributed by atoms with van der Waals surface area (Å²) in [5.41, 5.74) is 0.774. The minimum atomic E-state index is 0.0756. The van der Waals surface area contributed by atoms with E-state index in [4.69, 9.17) is 0 Å². The molecule has 3 heteroatoms. The second kappa shape index (κ2) is 5.43. The lowest BCUT2D eigenvalue weighted by atomic mass is 9.84. The van der Waals surface area contributed by atoms with Crippen molar-refractivity contribution >= 4 is 28.5 Å². The van der Waals surface area contributed by atoms with Crippen LogP contribution in [-0.4, -0.2) is 11.9 Å². The molecule has 0 radical (unpaired) electrons. The molecule has 0 saturated heterocycles. The van der Waals surface area contributed by atoms with E-state index in [1.54, 1.807) is 0 Å². The van der Waals surface area contributed by atoms with Crippen LogP contribution in [0.15, 0.2) is 24.3 Å². The molecule has 0 unspecified atom stereocenters. The van der Waals surface area contributed by atoms with Crippen molar-refractivity contribution in [3.8, 4) is 0 Å². The van der Waals surface area contributed by atoms with E-state index < -0.39 is 0 Å². The summed E-state index contributed by atoms with van der Waals surface area (Å²) in [5.74, 6) is 2.57. The Labute approximate surface area is 128 Å². The topological polar surface area (TPSA) is 29.1 Å². The van der Waals surface area contributed by atoms with Crippen LogP contribution in [0.4, 0.5) is 0 Å². The van der Waals surface area contributed by atoms with Crippen LogP contribution >= 0.6 is 22.6 Å². The van der Waals surface area contributed by atoms with Crippen molar-refractivity contribution in [3.05, 3.63) is 33.4 Å². The minimum absolute atomic E-state index is 0.0756. The highest BCUT2D eigenvalue weighted by Gasteiger charge is 2.42. The number of fused-ring (bicyclic) bond motifs is 2. The average molecular weight is 369 g/mol. The number of hydrogen-bond donors (Lipinski definition) is 1. The molecule has 0 heterocycles. The van der Waals surface area contributed by atoms with E-state index in [9.17, 15) is 4.79 Å². The van der Waals surface area contributed by atoms with Crippen LogP contribution < -0.4 is 5.32 Å². The van der Waals surface area contributed by atoms with Crippen molar-refractivity contribution in [1.29, 1.82) is 0 Å². The second-order valence-electron chi connectivity index (χ2n) is 6.11. The molecule has 1 N–H and O–H groups in total. The van der Waals surface area contributed by atoms with Crippen molar-refractivity contribution in [3.63, 3.8) is 0 Å². The predicted octanol–water partition coefficient (Wildman–Crippen LogP) is 3.85. The zero-order valence-corrected chi connectivity index (χ0v) is 13.4. The number of nitrogens with one attached hydrogen (secondary N) is 1. The summed E-state index contributed by atoms with van der Waals surface area (Å²) in [6, 6.07) is 8.09. The minimum Gasteiger partial charge on any atom is -0.349 e. The first kappa shape index (κ1) is 13.4. The van der Waals surface area contributed by atoms with E-state index in [0.29, 0.717) is 12.0 Å². The maximum absolute atomic E-state index is 12.2. The average Bonchev–Trinajstić information content (AvgIpc) is 3.01. The van der Waals surface area contributed by atoms with E-state index >= 15 is 0 Å². The molecular formula is C16H20INO. The van der Waals surface area contributed by atoms with E-state index in [2.05, 4.69) is 34.8 Å². The fraction of sp³-hybridized carbons (Fsp3) is 0.562. The van der Waals surface area contributed by atoms with Gasteiger partial charge in [-0.15, -0.1) is 0 Å². The van der Waals surface area contributed by atoms with Gasteiger partial charge in [-0.05, 0) is 90.8 Å². The van der Waals surface area contributed by atoms with Gasteiger partial charge in [0.05, 0.1) is 0 Å². The summed E-state index contributed by atoms with van der Waals surface area (Å²) >= 11 is 2.26. The van der Waals surface area contributed by atoms with Crippen LogP contribution in [0, 0.1) is 21.3 Å². The summed E-state index contributed by atoms with van der Waals surface area (Å²) < 4.78 is 1.16. The highest BCUT2D eigenvalue weighted by atomic mass is 127. The Morgan fingerprint density at radius 1 is 1.26 bits per heavy atom. The Hall–Kier alpha value is -0.580. The standard InChI is InChI=1S/C16H20INO/c1-10(15-9-11-2-3-13(15)8-11)18-16(19)12-4-6-14(17)7-5-12/h4-7,10-11,13,15H,2-3,8-9H2,1H3,(H,18,19)/t10-,11+,13+,15+/m0/s1. The van der Waals surface area contributed by atoms with Crippen molar-refractivity contribution in [2.75, 3.05) is 0 Å². The van der Waals surface area contributed by atoms with Crippen LogP contribution in [-0.2, 0) is 0 Å². The van der Waals surface area contributed by atoms with Gasteiger partial charge in [-0.1, -0.05) is 6.42 Å². The molecule has 4 atom stereocenters. The fourth-order valence-corrected chi connectivity index (χ4v) is 4.26. The first-order chi connectivity index (χ1) is 9.13. The number of carbonyl (C=O) groups excluding carboxylic acids is 1. The SMILES string of the molecule is C[C@H](NC(=O)c1ccc(I)cc1)[C@H]1C[C@@H]2CC[C@@H]1C2. The normalized spacial score (nSPS) is 30.3. The van der Waals surface area contributed by atoms with Gasteiger partial charge in [-0.3, -0.25) is 4.79 Å². The summed E-state index contributed by atoms with van der Waals surface area (Å²) in [7, 11) is 0. The van der Waals surface area contributed by atoms with Gasteiger partial charge in [0, 0.05) is 15.2 Å². The molecule has 2 saturated carbocycles. The molecule has 2 bridgehead atoms. The zero-order valence-electron chi connectivity index (χ0n) is 11.2. The fourth-order valence-electron chi connectivity index (χ4n) is 3.90. The highest BCUT2D eigenvalue weighted by Crippen LogP contribution is 2.49. The third-order valence-electron chi connectivity index (χ3n) is 4.90. The Morgan fingerprint density at radius 2 is 2.00 bits per heavy atom. The van der Waals surface area contributed by atoms with Crippen molar-refractivity contribution in [2.45, 2.75) is 38.6 Å². The summed E-state index contributed by atoms with van der Waals surface area (Å²) in [6.07, 6.45) is 5.51. The highest BCUT2D eigenvalue weighted by molar-refractivity contribution is 14.1. The largest absolute Gasteiger partial charge is 0.349 e. The molecule has 2 nitrogen and oxygen atoms in total. The van der Waals surface area contributed by atoms with Crippen LogP contribution in [0.1, 0.15) is 43.0 Å². The number of rotatable bonds is 3. The van der Waals surface area contributed by atoms with Gasteiger partial charge in [0.1, 0.15) is 0 Å². The first-order valence-electron chi connectivity index (χ1n) is 7.20. The zero-order chi connectivity index (χ0) is 13.4. The maximum atomic E-state index is 12.2. The third kappa shape index (κ3) is 2.81.